The summed E-state index contributed by atoms with van der Waals surface area (Å²) in [5.74, 6) is 0.716. The molecule has 0 aliphatic rings. The lowest BCUT2D eigenvalue weighted by Crippen LogP contribution is -1.70. The van der Waals surface area contributed by atoms with Crippen LogP contribution in [0.2, 0.25) is 0 Å². The maximum Gasteiger partial charge on any atom is 0.192 e. The number of hydrogen-bond donors (Lipinski definition) is 0. The van der Waals surface area contributed by atoms with Gasteiger partial charge in [-0.05, 0) is 29.4 Å². The van der Waals surface area contributed by atoms with Crippen molar-refractivity contribution in [1.82, 2.24) is 0 Å². The first kappa shape index (κ1) is 7.46. The lowest BCUT2D eigenvalue weighted by atomic mass is 10.3. The van der Waals surface area contributed by atoms with E-state index >= 15 is 0 Å². The molecular formula is C6H4INO2. The molecule has 0 saturated carbocycles. The second-order valence-electron chi connectivity index (χ2n) is 1.66. The molecule has 1 aromatic carbocycles. The van der Waals surface area contributed by atoms with E-state index in [2.05, 4.69) is 5.18 Å². The number of hydrogen-bond acceptors (Lipinski definition) is 3. The number of nitroso groups, excluding NO2 is 1. The van der Waals surface area contributed by atoms with Gasteiger partial charge in [-0.2, -0.15) is 0 Å². The van der Waals surface area contributed by atoms with Crippen molar-refractivity contribution in [2.24, 2.45) is 5.18 Å². The summed E-state index contributed by atoms with van der Waals surface area (Å²) in [6.07, 6.45) is 0. The molecule has 1 aromatic rings. The third-order valence-corrected chi connectivity index (χ3v) is 1.54. The summed E-state index contributed by atoms with van der Waals surface area (Å²) in [6, 6.07) is 6.56. The third kappa shape index (κ3) is 1.66. The summed E-state index contributed by atoms with van der Waals surface area (Å²) in [5, 5.41) is 2.74. The van der Waals surface area contributed by atoms with Crippen LogP contribution in [-0.2, 0) is 0 Å². The standard InChI is InChI=1S/C6H4INO2/c7-10-6-3-1-5(8-9)2-4-6/h1-4H. The van der Waals surface area contributed by atoms with Crippen LogP contribution in [0.15, 0.2) is 29.4 Å². The van der Waals surface area contributed by atoms with Gasteiger partial charge in [0, 0.05) is 0 Å². The quantitative estimate of drug-likeness (QED) is 0.597. The predicted octanol–water partition coefficient (Wildman–Crippen LogP) is 2.81. The van der Waals surface area contributed by atoms with Crippen LogP contribution in [0.5, 0.6) is 5.75 Å². The topological polar surface area (TPSA) is 38.7 Å². The highest BCUT2D eigenvalue weighted by Gasteiger charge is 1.91. The Balaban J connectivity index is 2.90. The zero-order valence-corrected chi connectivity index (χ0v) is 7.11. The van der Waals surface area contributed by atoms with Crippen LogP contribution in [0.4, 0.5) is 5.69 Å². The molecule has 1 rings (SSSR count). The van der Waals surface area contributed by atoms with Crippen LogP contribution >= 0.6 is 23.0 Å². The smallest absolute Gasteiger partial charge is 0.192 e. The second-order valence-corrected chi connectivity index (χ2v) is 2.10. The van der Waals surface area contributed by atoms with Crippen LogP contribution in [0.1, 0.15) is 0 Å². The average molecular weight is 249 g/mol. The zero-order chi connectivity index (χ0) is 7.40. The lowest BCUT2D eigenvalue weighted by Gasteiger charge is -1.93. The summed E-state index contributed by atoms with van der Waals surface area (Å²) < 4.78 is 4.84. The average Bonchev–Trinajstić information content (AvgIpc) is 2.05. The zero-order valence-electron chi connectivity index (χ0n) is 4.95. The van der Waals surface area contributed by atoms with Gasteiger partial charge >= 0.3 is 0 Å². The highest BCUT2D eigenvalue weighted by molar-refractivity contribution is 14.1. The van der Waals surface area contributed by atoms with Gasteiger partial charge in [0.2, 0.25) is 0 Å². The van der Waals surface area contributed by atoms with Crippen molar-refractivity contribution in [2.45, 2.75) is 0 Å². The normalized spacial score (nSPS) is 8.90. The van der Waals surface area contributed by atoms with Gasteiger partial charge in [-0.15, -0.1) is 4.91 Å². The van der Waals surface area contributed by atoms with E-state index < -0.39 is 0 Å². The molecule has 0 amide bonds. The highest BCUT2D eigenvalue weighted by atomic mass is 127. The Bertz CT molecular complexity index is 222. The molecule has 0 bridgehead atoms. The van der Waals surface area contributed by atoms with Gasteiger partial charge in [0.15, 0.2) is 23.0 Å². The molecule has 0 spiro atoms. The SMILES string of the molecule is O=Nc1ccc(OI)cc1. The molecule has 0 unspecified atom stereocenters. The van der Waals surface area contributed by atoms with E-state index in [0.29, 0.717) is 11.4 Å². The third-order valence-electron chi connectivity index (χ3n) is 1.03. The Labute approximate surface area is 72.1 Å². The molecule has 0 aliphatic heterocycles. The molecule has 4 heteroatoms. The number of nitrogens with zero attached hydrogens (tertiary/aromatic N) is 1. The Hall–Kier alpha value is -0.650. The highest BCUT2D eigenvalue weighted by Crippen LogP contribution is 2.18. The van der Waals surface area contributed by atoms with Gasteiger partial charge in [0.05, 0.1) is 0 Å². The molecule has 0 heterocycles. The van der Waals surface area contributed by atoms with Gasteiger partial charge < -0.3 is 3.07 Å². The first-order valence-corrected chi connectivity index (χ1v) is 3.47. The fourth-order valence-corrected chi connectivity index (χ4v) is 0.852. The lowest BCUT2D eigenvalue weighted by molar-refractivity contribution is 0.717. The van der Waals surface area contributed by atoms with Crippen molar-refractivity contribution in [2.75, 3.05) is 0 Å². The van der Waals surface area contributed by atoms with Crippen molar-refractivity contribution in [3.63, 3.8) is 0 Å². The van der Waals surface area contributed by atoms with E-state index in [4.69, 9.17) is 3.07 Å². The van der Waals surface area contributed by atoms with Crippen molar-refractivity contribution in [3.8, 4) is 5.75 Å². The van der Waals surface area contributed by atoms with Crippen LogP contribution in [0.25, 0.3) is 0 Å². The van der Waals surface area contributed by atoms with Crippen molar-refractivity contribution < 1.29 is 3.07 Å². The Morgan fingerprint density at radius 1 is 1.30 bits per heavy atom. The van der Waals surface area contributed by atoms with E-state index in [1.54, 1.807) is 47.3 Å². The van der Waals surface area contributed by atoms with Crippen LogP contribution in [-0.4, -0.2) is 0 Å². The minimum absolute atomic E-state index is 0.414. The summed E-state index contributed by atoms with van der Waals surface area (Å²) in [6.45, 7) is 0. The Kier molecular flexibility index (Phi) is 2.61. The molecule has 0 saturated heterocycles. The molecule has 0 fully saturated rings. The first-order chi connectivity index (χ1) is 4.86. The maximum absolute atomic E-state index is 9.91. The largest absolute Gasteiger partial charge is 0.428 e. The number of benzene rings is 1. The van der Waals surface area contributed by atoms with E-state index in [9.17, 15) is 4.91 Å². The fraction of sp³-hybridized carbons (Fsp3) is 0. The van der Waals surface area contributed by atoms with E-state index in [1.165, 1.54) is 0 Å². The van der Waals surface area contributed by atoms with Crippen molar-refractivity contribution in [1.29, 1.82) is 0 Å². The summed E-state index contributed by atoms with van der Waals surface area (Å²) in [4.78, 5) is 9.91. The summed E-state index contributed by atoms with van der Waals surface area (Å²) in [5.41, 5.74) is 0.414. The number of rotatable bonds is 2. The van der Waals surface area contributed by atoms with Gasteiger partial charge in [-0.3, -0.25) is 0 Å². The Morgan fingerprint density at radius 3 is 2.30 bits per heavy atom. The van der Waals surface area contributed by atoms with E-state index in [-0.39, 0.29) is 0 Å². The molecule has 10 heavy (non-hydrogen) atoms. The van der Waals surface area contributed by atoms with Crippen molar-refractivity contribution in [3.05, 3.63) is 29.2 Å². The number of halogens is 1. The molecule has 0 atom stereocenters. The predicted molar refractivity (Wildman–Crippen MR) is 46.5 cm³/mol. The molecule has 52 valence electrons. The van der Waals surface area contributed by atoms with Crippen LogP contribution < -0.4 is 3.07 Å². The molecule has 0 N–H and O–H groups in total. The minimum Gasteiger partial charge on any atom is -0.428 e. The molecule has 0 aliphatic carbocycles. The molecule has 3 nitrogen and oxygen atoms in total. The van der Waals surface area contributed by atoms with Crippen LogP contribution in [0.3, 0.4) is 0 Å². The van der Waals surface area contributed by atoms with Crippen LogP contribution in [0, 0.1) is 4.91 Å². The van der Waals surface area contributed by atoms with Gasteiger partial charge in [-0.25, -0.2) is 0 Å². The fourth-order valence-electron chi connectivity index (χ4n) is 0.558. The van der Waals surface area contributed by atoms with Crippen molar-refractivity contribution >= 4 is 28.7 Å². The summed E-state index contributed by atoms with van der Waals surface area (Å²) in [7, 11) is 0. The van der Waals surface area contributed by atoms with Gasteiger partial charge in [0.25, 0.3) is 0 Å². The minimum atomic E-state index is 0.414. The van der Waals surface area contributed by atoms with E-state index in [0.717, 1.165) is 0 Å². The second kappa shape index (κ2) is 3.50. The molecule has 0 radical (unpaired) electrons. The van der Waals surface area contributed by atoms with E-state index in [1.807, 2.05) is 0 Å². The molecule has 0 aromatic heterocycles. The summed E-state index contributed by atoms with van der Waals surface area (Å²) >= 11 is 1.77. The first-order valence-electron chi connectivity index (χ1n) is 2.59. The maximum atomic E-state index is 9.91. The van der Waals surface area contributed by atoms with Gasteiger partial charge in [0.1, 0.15) is 11.4 Å². The van der Waals surface area contributed by atoms with Gasteiger partial charge in [-0.1, -0.05) is 0 Å². The molecular weight excluding hydrogens is 245 g/mol. The Morgan fingerprint density at radius 2 is 1.90 bits per heavy atom. The monoisotopic (exact) mass is 249 g/mol.